The number of benzene rings is 1. The van der Waals surface area contributed by atoms with Gasteiger partial charge in [0.25, 0.3) is 0 Å². The Kier molecular flexibility index (Phi) is 3.82. The number of aldehydes is 1. The van der Waals surface area contributed by atoms with E-state index in [2.05, 4.69) is 15.5 Å². The van der Waals surface area contributed by atoms with E-state index < -0.39 is 0 Å². The number of carbonyl (C=O) groups excluding carboxylic acids is 1. The molecule has 1 aromatic heterocycles. The van der Waals surface area contributed by atoms with Gasteiger partial charge in [0, 0.05) is 25.1 Å². The first-order chi connectivity index (χ1) is 7.35. The summed E-state index contributed by atoms with van der Waals surface area (Å²) in [6.07, 6.45) is 0.825. The first-order valence-electron chi connectivity index (χ1n) is 4.41. The summed E-state index contributed by atoms with van der Waals surface area (Å²) in [5, 5.41) is 17.8. The molecule has 2 rings (SSSR count). The maximum absolute atomic E-state index is 10.5. The summed E-state index contributed by atoms with van der Waals surface area (Å²) in [7, 11) is 2.79. The molecule has 2 aromatic rings. The van der Waals surface area contributed by atoms with Crippen molar-refractivity contribution in [3.8, 4) is 0 Å². The predicted molar refractivity (Wildman–Crippen MR) is 59.2 cm³/mol. The number of rotatable bonds is 2. The Morgan fingerprint density at radius 3 is 2.80 bits per heavy atom. The molecule has 5 heteroatoms. The molecule has 80 valence electrons. The summed E-state index contributed by atoms with van der Waals surface area (Å²) in [4.78, 5) is 10.5. The molecule has 1 heterocycles. The third kappa shape index (κ3) is 2.13. The number of H-pyrrole nitrogens is 1. The number of aliphatic hydroxyl groups excluding tert-OH is 1. The molecule has 0 fully saturated rings. The van der Waals surface area contributed by atoms with Crippen molar-refractivity contribution in [1.82, 2.24) is 10.2 Å². The maximum Gasteiger partial charge on any atom is 0.155 e. The normalized spacial score (nSPS) is 9.27. The van der Waals surface area contributed by atoms with Gasteiger partial charge in [-0.3, -0.25) is 9.89 Å². The highest BCUT2D eigenvalue weighted by Gasteiger charge is 2.03. The molecular formula is C10H13N3O2. The number of fused-ring (bicyclic) bond motifs is 1. The number of nitrogens with one attached hydrogen (secondary N) is 2. The molecule has 0 spiro atoms. The molecule has 0 aliphatic heterocycles. The van der Waals surface area contributed by atoms with Gasteiger partial charge in [-0.1, -0.05) is 0 Å². The van der Waals surface area contributed by atoms with Crippen molar-refractivity contribution in [2.45, 2.75) is 0 Å². The molecule has 0 saturated carbocycles. The summed E-state index contributed by atoms with van der Waals surface area (Å²) in [6, 6.07) is 5.40. The van der Waals surface area contributed by atoms with Crippen LogP contribution in [0.25, 0.3) is 10.9 Å². The van der Waals surface area contributed by atoms with E-state index in [4.69, 9.17) is 5.11 Å². The van der Waals surface area contributed by atoms with E-state index in [1.807, 2.05) is 6.07 Å². The van der Waals surface area contributed by atoms with Gasteiger partial charge in [0.2, 0.25) is 0 Å². The topological polar surface area (TPSA) is 78.0 Å². The summed E-state index contributed by atoms with van der Waals surface area (Å²) >= 11 is 0. The molecule has 3 N–H and O–H groups in total. The van der Waals surface area contributed by atoms with Crippen molar-refractivity contribution in [3.63, 3.8) is 0 Å². The molecule has 0 saturated heterocycles. The minimum Gasteiger partial charge on any atom is -0.400 e. The van der Waals surface area contributed by atoms with Gasteiger partial charge < -0.3 is 10.4 Å². The summed E-state index contributed by atoms with van der Waals surface area (Å²) in [5.74, 6) is 0.763. The van der Waals surface area contributed by atoms with Crippen molar-refractivity contribution in [2.75, 3.05) is 19.5 Å². The van der Waals surface area contributed by atoms with E-state index in [-0.39, 0.29) is 0 Å². The molecule has 0 unspecified atom stereocenters. The number of carbonyl (C=O) groups is 1. The Morgan fingerprint density at radius 1 is 1.47 bits per heavy atom. The van der Waals surface area contributed by atoms with Crippen LogP contribution in [0.5, 0.6) is 0 Å². The molecule has 5 nitrogen and oxygen atoms in total. The van der Waals surface area contributed by atoms with E-state index in [0.29, 0.717) is 5.56 Å². The number of aromatic amines is 1. The van der Waals surface area contributed by atoms with Crippen LogP contribution < -0.4 is 5.32 Å². The van der Waals surface area contributed by atoms with Crippen molar-refractivity contribution < 1.29 is 9.90 Å². The fourth-order valence-electron chi connectivity index (χ4n) is 1.30. The smallest absolute Gasteiger partial charge is 0.155 e. The quantitative estimate of drug-likeness (QED) is 0.642. The van der Waals surface area contributed by atoms with E-state index in [1.54, 1.807) is 19.2 Å². The Bertz CT molecular complexity index is 451. The SMILES string of the molecule is CNc1n[nH]c2ccc(C=O)cc12.CO. The van der Waals surface area contributed by atoms with E-state index in [9.17, 15) is 4.79 Å². The summed E-state index contributed by atoms with van der Waals surface area (Å²) in [5.41, 5.74) is 1.58. The van der Waals surface area contributed by atoms with Gasteiger partial charge in [0.1, 0.15) is 6.29 Å². The van der Waals surface area contributed by atoms with Crippen LogP contribution in [0.1, 0.15) is 10.4 Å². The Morgan fingerprint density at radius 2 is 2.20 bits per heavy atom. The lowest BCUT2D eigenvalue weighted by molar-refractivity contribution is 0.112. The van der Waals surface area contributed by atoms with Crippen LogP contribution in [0.3, 0.4) is 0 Å². The fourth-order valence-corrected chi connectivity index (χ4v) is 1.30. The van der Waals surface area contributed by atoms with Gasteiger partial charge in [-0.2, -0.15) is 5.10 Å². The van der Waals surface area contributed by atoms with Crippen LogP contribution in [0.2, 0.25) is 0 Å². The second kappa shape index (κ2) is 5.11. The van der Waals surface area contributed by atoms with Crippen LogP contribution in [0.15, 0.2) is 18.2 Å². The summed E-state index contributed by atoms with van der Waals surface area (Å²) < 4.78 is 0. The first kappa shape index (κ1) is 11.2. The van der Waals surface area contributed by atoms with Crippen LogP contribution >= 0.6 is 0 Å². The van der Waals surface area contributed by atoms with Gasteiger partial charge in [-0.05, 0) is 18.2 Å². The standard InChI is InChI=1S/C9H9N3O.CH4O/c1-10-9-7-4-6(5-13)2-3-8(7)11-12-9;1-2/h2-5H,1H3,(H2,10,11,12);2H,1H3. The van der Waals surface area contributed by atoms with Crippen LogP contribution in [-0.2, 0) is 0 Å². The van der Waals surface area contributed by atoms with Gasteiger partial charge >= 0.3 is 0 Å². The molecule has 0 aliphatic rings. The van der Waals surface area contributed by atoms with Crippen molar-refractivity contribution in [1.29, 1.82) is 0 Å². The third-order valence-electron chi connectivity index (χ3n) is 1.96. The number of hydrogen-bond acceptors (Lipinski definition) is 4. The van der Waals surface area contributed by atoms with Crippen LogP contribution in [0.4, 0.5) is 5.82 Å². The van der Waals surface area contributed by atoms with Crippen molar-refractivity contribution in [2.24, 2.45) is 0 Å². The monoisotopic (exact) mass is 207 g/mol. The molecule has 0 radical (unpaired) electrons. The molecule has 0 amide bonds. The van der Waals surface area contributed by atoms with Gasteiger partial charge in [-0.25, -0.2) is 0 Å². The zero-order valence-electron chi connectivity index (χ0n) is 8.61. The highest BCUT2D eigenvalue weighted by atomic mass is 16.2. The molecular weight excluding hydrogens is 194 g/mol. The minimum absolute atomic E-state index is 0.658. The fraction of sp³-hybridized carbons (Fsp3) is 0.200. The largest absolute Gasteiger partial charge is 0.400 e. The third-order valence-corrected chi connectivity index (χ3v) is 1.96. The van der Waals surface area contributed by atoms with Crippen LogP contribution in [0, 0.1) is 0 Å². The van der Waals surface area contributed by atoms with E-state index in [1.165, 1.54) is 0 Å². The lowest BCUT2D eigenvalue weighted by Crippen LogP contribution is -1.88. The van der Waals surface area contributed by atoms with Crippen molar-refractivity contribution >= 4 is 23.0 Å². The van der Waals surface area contributed by atoms with Gasteiger partial charge in [0.15, 0.2) is 5.82 Å². The number of anilines is 1. The average molecular weight is 207 g/mol. The van der Waals surface area contributed by atoms with E-state index >= 15 is 0 Å². The van der Waals surface area contributed by atoms with Gasteiger partial charge in [-0.15, -0.1) is 0 Å². The van der Waals surface area contributed by atoms with Crippen molar-refractivity contribution in [3.05, 3.63) is 23.8 Å². The number of aliphatic hydroxyl groups is 1. The minimum atomic E-state index is 0.658. The highest BCUT2D eigenvalue weighted by Crippen LogP contribution is 2.20. The second-order valence-corrected chi connectivity index (χ2v) is 2.75. The number of aromatic nitrogens is 2. The lowest BCUT2D eigenvalue weighted by atomic mass is 10.2. The van der Waals surface area contributed by atoms with Crippen LogP contribution in [-0.4, -0.2) is 35.7 Å². The lowest BCUT2D eigenvalue weighted by Gasteiger charge is -1.94. The Hall–Kier alpha value is -1.88. The Balaban J connectivity index is 0.000000531. The molecule has 0 atom stereocenters. The van der Waals surface area contributed by atoms with Gasteiger partial charge in [0.05, 0.1) is 5.52 Å². The zero-order chi connectivity index (χ0) is 11.3. The Labute approximate surface area is 87.1 Å². The molecule has 0 aliphatic carbocycles. The van der Waals surface area contributed by atoms with E-state index in [0.717, 1.165) is 30.1 Å². The number of nitrogens with zero attached hydrogens (tertiary/aromatic N) is 1. The zero-order valence-corrected chi connectivity index (χ0v) is 8.61. The maximum atomic E-state index is 10.5. The predicted octanol–water partition coefficient (Wildman–Crippen LogP) is 1.03. The summed E-state index contributed by atoms with van der Waals surface area (Å²) in [6.45, 7) is 0. The molecule has 0 bridgehead atoms. The number of hydrogen-bond donors (Lipinski definition) is 3. The first-order valence-corrected chi connectivity index (χ1v) is 4.41. The average Bonchev–Trinajstić information content (AvgIpc) is 2.73. The molecule has 1 aromatic carbocycles. The molecule has 15 heavy (non-hydrogen) atoms. The second-order valence-electron chi connectivity index (χ2n) is 2.75. The highest BCUT2D eigenvalue weighted by molar-refractivity contribution is 5.93.